The van der Waals surface area contributed by atoms with Crippen molar-refractivity contribution in [2.75, 3.05) is 0 Å². The molecule has 1 aromatic rings. The molecule has 0 aromatic heterocycles. The summed E-state index contributed by atoms with van der Waals surface area (Å²) in [5.41, 5.74) is 6.18. The maximum atomic E-state index is 11.8. The van der Waals surface area contributed by atoms with Crippen molar-refractivity contribution in [1.82, 2.24) is 0 Å². The molecular formula is C18H24O. The van der Waals surface area contributed by atoms with Crippen LogP contribution in [0.5, 0.6) is 0 Å². The molecule has 3 rings (SSSR count). The molecule has 2 aliphatic rings. The van der Waals surface area contributed by atoms with Crippen LogP contribution in [0.25, 0.3) is 0 Å². The second-order valence-electron chi connectivity index (χ2n) is 7.86. The molecule has 19 heavy (non-hydrogen) atoms. The predicted molar refractivity (Wildman–Crippen MR) is 78.9 cm³/mol. The van der Waals surface area contributed by atoms with Crippen LogP contribution in [0.4, 0.5) is 0 Å². The summed E-state index contributed by atoms with van der Waals surface area (Å²) in [5, 5.41) is 0. The number of Topliss-reactive ketones (excluding diaryl/α,β-unsaturated/α-hetero) is 1. The van der Waals surface area contributed by atoms with Crippen molar-refractivity contribution in [3.05, 3.63) is 34.4 Å². The Morgan fingerprint density at radius 1 is 1.05 bits per heavy atom. The fraction of sp³-hybridized carbons (Fsp3) is 0.611. The molecule has 0 saturated heterocycles. The number of benzene rings is 1. The molecule has 1 aromatic carbocycles. The van der Waals surface area contributed by atoms with Gasteiger partial charge in [-0.1, -0.05) is 46.8 Å². The molecule has 2 aliphatic carbocycles. The van der Waals surface area contributed by atoms with Gasteiger partial charge in [0.2, 0.25) is 0 Å². The van der Waals surface area contributed by atoms with Gasteiger partial charge < -0.3 is 0 Å². The van der Waals surface area contributed by atoms with Crippen molar-refractivity contribution < 1.29 is 4.79 Å². The molecule has 0 saturated carbocycles. The first kappa shape index (κ1) is 12.9. The zero-order valence-corrected chi connectivity index (χ0v) is 12.8. The minimum Gasteiger partial charge on any atom is -0.299 e. The van der Waals surface area contributed by atoms with Gasteiger partial charge in [-0.15, -0.1) is 0 Å². The highest BCUT2D eigenvalue weighted by Gasteiger charge is 2.42. The lowest BCUT2D eigenvalue weighted by atomic mass is 9.78. The third-order valence-corrected chi connectivity index (χ3v) is 5.07. The van der Waals surface area contributed by atoms with E-state index in [1.54, 1.807) is 0 Å². The molecule has 1 atom stereocenters. The summed E-state index contributed by atoms with van der Waals surface area (Å²) in [4.78, 5) is 11.8. The van der Waals surface area contributed by atoms with Crippen LogP contribution in [0.2, 0.25) is 0 Å². The van der Waals surface area contributed by atoms with Gasteiger partial charge in [-0.25, -0.2) is 0 Å². The van der Waals surface area contributed by atoms with Gasteiger partial charge in [-0.3, -0.25) is 4.79 Å². The highest BCUT2D eigenvalue weighted by atomic mass is 16.1. The van der Waals surface area contributed by atoms with Gasteiger partial charge >= 0.3 is 0 Å². The van der Waals surface area contributed by atoms with Gasteiger partial charge in [0, 0.05) is 12.8 Å². The highest BCUT2D eigenvalue weighted by molar-refractivity contribution is 5.84. The zero-order chi connectivity index (χ0) is 14.0. The second kappa shape index (κ2) is 3.71. The van der Waals surface area contributed by atoms with Gasteiger partial charge in [0.25, 0.3) is 0 Å². The van der Waals surface area contributed by atoms with Crippen LogP contribution in [-0.4, -0.2) is 5.78 Å². The van der Waals surface area contributed by atoms with E-state index in [0.717, 1.165) is 6.42 Å². The fourth-order valence-electron chi connectivity index (χ4n) is 4.42. The van der Waals surface area contributed by atoms with E-state index in [-0.39, 0.29) is 10.8 Å². The van der Waals surface area contributed by atoms with Gasteiger partial charge in [0.15, 0.2) is 0 Å². The fourth-order valence-corrected chi connectivity index (χ4v) is 4.42. The lowest BCUT2D eigenvalue weighted by Crippen LogP contribution is -2.19. The number of carbonyl (C=O) groups excluding carboxylic acids is 1. The number of hydrogen-bond acceptors (Lipinski definition) is 1. The van der Waals surface area contributed by atoms with Gasteiger partial charge in [0.05, 0.1) is 0 Å². The SMILES string of the molecule is CC1CC(=O)Cc2cc3c(cc21)C(C)(C)CC3(C)C. The number of carbonyl (C=O) groups is 1. The van der Waals surface area contributed by atoms with E-state index in [2.05, 4.69) is 46.8 Å². The van der Waals surface area contributed by atoms with E-state index >= 15 is 0 Å². The molecule has 0 fully saturated rings. The Balaban J connectivity index is 2.22. The second-order valence-corrected chi connectivity index (χ2v) is 7.86. The van der Waals surface area contributed by atoms with E-state index in [9.17, 15) is 4.79 Å². The average molecular weight is 256 g/mol. The van der Waals surface area contributed by atoms with E-state index in [1.165, 1.54) is 28.7 Å². The summed E-state index contributed by atoms with van der Waals surface area (Å²) < 4.78 is 0. The molecular weight excluding hydrogens is 232 g/mol. The maximum Gasteiger partial charge on any atom is 0.137 e. The van der Waals surface area contributed by atoms with Crippen molar-refractivity contribution in [2.45, 2.75) is 70.6 Å². The maximum absolute atomic E-state index is 11.8. The summed E-state index contributed by atoms with van der Waals surface area (Å²) in [6.07, 6.45) is 2.56. The first-order valence-corrected chi connectivity index (χ1v) is 7.40. The molecule has 0 spiro atoms. The molecule has 1 nitrogen and oxygen atoms in total. The molecule has 0 bridgehead atoms. The van der Waals surface area contributed by atoms with Crippen molar-refractivity contribution in [2.24, 2.45) is 0 Å². The van der Waals surface area contributed by atoms with Gasteiger partial charge in [-0.2, -0.15) is 0 Å². The lowest BCUT2D eigenvalue weighted by Gasteiger charge is -2.26. The molecule has 102 valence electrons. The van der Waals surface area contributed by atoms with E-state index in [4.69, 9.17) is 0 Å². The summed E-state index contributed by atoms with van der Waals surface area (Å²) in [6, 6.07) is 4.75. The minimum atomic E-state index is 0.234. The monoisotopic (exact) mass is 256 g/mol. The Morgan fingerprint density at radius 2 is 1.63 bits per heavy atom. The zero-order valence-electron chi connectivity index (χ0n) is 12.8. The van der Waals surface area contributed by atoms with Crippen LogP contribution in [0.15, 0.2) is 12.1 Å². The quantitative estimate of drug-likeness (QED) is 0.677. The van der Waals surface area contributed by atoms with Crippen molar-refractivity contribution in [1.29, 1.82) is 0 Å². The van der Waals surface area contributed by atoms with Crippen LogP contribution in [0.3, 0.4) is 0 Å². The Labute approximate surface area is 116 Å². The lowest BCUT2D eigenvalue weighted by molar-refractivity contribution is -0.119. The molecule has 0 aliphatic heterocycles. The van der Waals surface area contributed by atoms with Crippen LogP contribution in [0.1, 0.15) is 75.6 Å². The summed E-state index contributed by atoms with van der Waals surface area (Å²) in [5.74, 6) is 0.788. The van der Waals surface area contributed by atoms with Crippen LogP contribution >= 0.6 is 0 Å². The van der Waals surface area contributed by atoms with Crippen molar-refractivity contribution in [3.63, 3.8) is 0 Å². The molecule has 0 heterocycles. The largest absolute Gasteiger partial charge is 0.299 e. The number of ketones is 1. The first-order valence-electron chi connectivity index (χ1n) is 7.40. The standard InChI is InChI=1S/C18H24O/c1-11-6-13(19)7-12-8-15-16(9-14(11)12)18(4,5)10-17(15,2)3/h8-9,11H,6-7,10H2,1-5H3. The van der Waals surface area contributed by atoms with Gasteiger partial charge in [-0.05, 0) is 45.4 Å². The Hall–Kier alpha value is -1.11. The van der Waals surface area contributed by atoms with E-state index < -0.39 is 0 Å². The molecule has 0 N–H and O–H groups in total. The number of hydrogen-bond donors (Lipinski definition) is 0. The summed E-state index contributed by atoms with van der Waals surface area (Å²) >= 11 is 0. The Morgan fingerprint density at radius 3 is 2.26 bits per heavy atom. The normalized spacial score (nSPS) is 27.0. The topological polar surface area (TPSA) is 17.1 Å². The summed E-state index contributed by atoms with van der Waals surface area (Å²) in [6.45, 7) is 11.6. The molecule has 0 radical (unpaired) electrons. The van der Waals surface area contributed by atoms with Crippen LogP contribution < -0.4 is 0 Å². The van der Waals surface area contributed by atoms with Crippen LogP contribution in [0, 0.1) is 0 Å². The molecule has 1 unspecified atom stereocenters. The molecule has 0 amide bonds. The average Bonchev–Trinajstić information content (AvgIpc) is 2.42. The number of fused-ring (bicyclic) bond motifs is 2. The minimum absolute atomic E-state index is 0.234. The van der Waals surface area contributed by atoms with Crippen LogP contribution in [-0.2, 0) is 22.0 Å². The highest BCUT2D eigenvalue weighted by Crippen LogP contribution is 2.51. The molecule has 1 heteroatoms. The predicted octanol–water partition coefficient (Wildman–Crippen LogP) is 4.26. The van der Waals surface area contributed by atoms with E-state index in [1.807, 2.05) is 0 Å². The summed E-state index contributed by atoms with van der Waals surface area (Å²) in [7, 11) is 0. The Bertz CT molecular complexity index is 563. The Kier molecular flexibility index (Phi) is 2.52. The third-order valence-electron chi connectivity index (χ3n) is 5.07. The smallest absolute Gasteiger partial charge is 0.137 e. The van der Waals surface area contributed by atoms with Crippen molar-refractivity contribution in [3.8, 4) is 0 Å². The number of rotatable bonds is 0. The third kappa shape index (κ3) is 1.86. The van der Waals surface area contributed by atoms with E-state index in [0.29, 0.717) is 18.1 Å². The van der Waals surface area contributed by atoms with Gasteiger partial charge in [0.1, 0.15) is 5.78 Å². The van der Waals surface area contributed by atoms with Crippen molar-refractivity contribution >= 4 is 5.78 Å². The first-order chi connectivity index (χ1) is 8.71.